The van der Waals surface area contributed by atoms with E-state index in [0.717, 1.165) is 0 Å². The predicted molar refractivity (Wildman–Crippen MR) is 60.7 cm³/mol. The Morgan fingerprint density at radius 2 is 1.72 bits per heavy atom. The summed E-state index contributed by atoms with van der Waals surface area (Å²) in [5.74, 6) is -0.547. The zero-order valence-corrected chi connectivity index (χ0v) is 10.1. The van der Waals surface area contributed by atoms with Crippen LogP contribution in [0.3, 0.4) is 0 Å². The number of esters is 1. The molecule has 0 aliphatic carbocycles. The molecule has 0 aromatic heterocycles. The third kappa shape index (κ3) is 9.01. The van der Waals surface area contributed by atoms with Crippen molar-refractivity contribution in [3.8, 4) is 0 Å². The number of amides is 2. The van der Waals surface area contributed by atoms with Crippen molar-refractivity contribution in [1.82, 2.24) is 5.32 Å². The molecule has 102 valence electrons. The van der Waals surface area contributed by atoms with Crippen molar-refractivity contribution in [3.63, 3.8) is 0 Å². The highest BCUT2D eigenvalue weighted by atomic mass is 16.6. The van der Waals surface area contributed by atoms with Gasteiger partial charge in [0.15, 0.2) is 0 Å². The third-order valence-electron chi connectivity index (χ3n) is 1.51. The molecular formula is C10H16N2O6. The predicted octanol–water partition coefficient (Wildman–Crippen LogP) is -0.0728. The average molecular weight is 260 g/mol. The first-order chi connectivity index (χ1) is 8.43. The zero-order chi connectivity index (χ0) is 14.0. The van der Waals surface area contributed by atoms with Gasteiger partial charge < -0.3 is 25.3 Å². The van der Waals surface area contributed by atoms with Gasteiger partial charge in [-0.2, -0.15) is 0 Å². The first-order valence-corrected chi connectivity index (χ1v) is 5.09. The fraction of sp³-hybridized carbons (Fsp3) is 0.500. The van der Waals surface area contributed by atoms with E-state index in [0.29, 0.717) is 0 Å². The third-order valence-corrected chi connectivity index (χ3v) is 1.51. The van der Waals surface area contributed by atoms with Gasteiger partial charge in [0.05, 0.1) is 6.54 Å². The van der Waals surface area contributed by atoms with Crippen molar-refractivity contribution in [2.45, 2.75) is 6.92 Å². The van der Waals surface area contributed by atoms with Crippen molar-refractivity contribution < 1.29 is 28.6 Å². The Labute approximate surface area is 104 Å². The molecule has 0 aliphatic heterocycles. The van der Waals surface area contributed by atoms with E-state index in [1.165, 1.54) is 6.92 Å². The molecule has 0 spiro atoms. The van der Waals surface area contributed by atoms with Gasteiger partial charge in [-0.3, -0.25) is 0 Å². The van der Waals surface area contributed by atoms with Crippen molar-refractivity contribution in [3.05, 3.63) is 12.2 Å². The van der Waals surface area contributed by atoms with E-state index < -0.39 is 18.2 Å². The van der Waals surface area contributed by atoms with E-state index in [-0.39, 0.29) is 31.9 Å². The van der Waals surface area contributed by atoms with Crippen LogP contribution >= 0.6 is 0 Å². The molecule has 8 heteroatoms. The highest BCUT2D eigenvalue weighted by molar-refractivity contribution is 5.86. The molecule has 0 saturated carbocycles. The highest BCUT2D eigenvalue weighted by Gasteiger charge is 2.05. The van der Waals surface area contributed by atoms with Gasteiger partial charge in [0.1, 0.15) is 19.8 Å². The summed E-state index contributed by atoms with van der Waals surface area (Å²) in [5.41, 5.74) is 4.97. The van der Waals surface area contributed by atoms with Crippen LogP contribution in [0, 0.1) is 0 Å². The Balaban J connectivity index is 3.45. The van der Waals surface area contributed by atoms with Gasteiger partial charge in [-0.1, -0.05) is 6.58 Å². The first kappa shape index (κ1) is 15.8. The molecule has 0 fully saturated rings. The largest absolute Gasteiger partial charge is 0.459 e. The summed E-state index contributed by atoms with van der Waals surface area (Å²) in [7, 11) is 0. The fourth-order valence-electron chi connectivity index (χ4n) is 0.748. The second kappa shape index (κ2) is 8.85. The minimum absolute atomic E-state index is 0.0465. The summed E-state index contributed by atoms with van der Waals surface area (Å²) in [5, 5.41) is 2.30. The second-order valence-corrected chi connectivity index (χ2v) is 3.15. The average Bonchev–Trinajstić information content (AvgIpc) is 2.29. The number of carbonyl (C=O) groups excluding carboxylic acids is 3. The minimum Gasteiger partial charge on any atom is -0.459 e. The number of rotatable bonds is 7. The van der Waals surface area contributed by atoms with Crippen LogP contribution in [0.2, 0.25) is 0 Å². The Morgan fingerprint density at radius 3 is 2.28 bits per heavy atom. The molecule has 0 aromatic carbocycles. The summed E-state index contributed by atoms with van der Waals surface area (Å²) >= 11 is 0. The lowest BCUT2D eigenvalue weighted by atomic mass is 10.4. The summed E-state index contributed by atoms with van der Waals surface area (Å²) in [4.78, 5) is 32.1. The van der Waals surface area contributed by atoms with Gasteiger partial charge in [-0.05, 0) is 6.92 Å². The van der Waals surface area contributed by atoms with Crippen LogP contribution < -0.4 is 11.1 Å². The number of primary amides is 1. The Bertz CT molecular complexity index is 328. The van der Waals surface area contributed by atoms with Crippen molar-refractivity contribution >= 4 is 18.2 Å². The van der Waals surface area contributed by atoms with Crippen LogP contribution in [-0.4, -0.2) is 44.5 Å². The first-order valence-electron chi connectivity index (χ1n) is 5.09. The van der Waals surface area contributed by atoms with Crippen LogP contribution in [0.1, 0.15) is 6.92 Å². The standard InChI is InChI=1S/C10H16N2O6/c1-7(2)8(13)16-5-6-18-10(15)12-3-4-17-9(11)14/h1,3-6H2,2H3,(H2,11,14)(H,12,15). The maximum atomic E-state index is 11.0. The molecule has 3 N–H and O–H groups in total. The maximum Gasteiger partial charge on any atom is 0.407 e. The molecule has 0 heterocycles. The van der Waals surface area contributed by atoms with Gasteiger partial charge in [-0.15, -0.1) is 0 Å². The number of hydrogen-bond donors (Lipinski definition) is 2. The maximum absolute atomic E-state index is 11.0. The zero-order valence-electron chi connectivity index (χ0n) is 10.1. The Hall–Kier alpha value is -2.25. The molecule has 0 unspecified atom stereocenters. The van der Waals surface area contributed by atoms with Gasteiger partial charge in [-0.25, -0.2) is 14.4 Å². The van der Waals surface area contributed by atoms with Crippen LogP contribution in [0.4, 0.5) is 9.59 Å². The normalized spacial score (nSPS) is 9.17. The number of carbonyl (C=O) groups is 3. The molecule has 0 atom stereocenters. The lowest BCUT2D eigenvalue weighted by Crippen LogP contribution is -2.30. The molecule has 0 aromatic rings. The van der Waals surface area contributed by atoms with Crippen molar-refractivity contribution in [1.29, 1.82) is 0 Å². The van der Waals surface area contributed by atoms with Gasteiger partial charge in [0.25, 0.3) is 0 Å². The summed E-state index contributed by atoms with van der Waals surface area (Å²) < 4.78 is 13.7. The molecule has 8 nitrogen and oxygen atoms in total. The fourth-order valence-corrected chi connectivity index (χ4v) is 0.748. The van der Waals surface area contributed by atoms with Crippen LogP contribution in [-0.2, 0) is 19.0 Å². The summed E-state index contributed by atoms with van der Waals surface area (Å²) in [6.45, 7) is 4.79. The van der Waals surface area contributed by atoms with E-state index in [2.05, 4.69) is 26.1 Å². The summed E-state index contributed by atoms with van der Waals surface area (Å²) in [6.07, 6.45) is -1.63. The van der Waals surface area contributed by atoms with E-state index in [1.54, 1.807) is 0 Å². The number of alkyl carbamates (subject to hydrolysis) is 1. The Morgan fingerprint density at radius 1 is 1.11 bits per heavy atom. The Kier molecular flexibility index (Phi) is 7.74. The van der Waals surface area contributed by atoms with Crippen LogP contribution in [0.15, 0.2) is 12.2 Å². The molecule has 0 aliphatic rings. The monoisotopic (exact) mass is 260 g/mol. The number of ether oxygens (including phenoxy) is 3. The van der Waals surface area contributed by atoms with E-state index >= 15 is 0 Å². The topological polar surface area (TPSA) is 117 Å². The van der Waals surface area contributed by atoms with E-state index in [4.69, 9.17) is 5.73 Å². The lowest BCUT2D eigenvalue weighted by Gasteiger charge is -2.07. The van der Waals surface area contributed by atoms with E-state index in [9.17, 15) is 14.4 Å². The molecule has 0 rings (SSSR count). The number of nitrogens with two attached hydrogens (primary N) is 1. The quantitative estimate of drug-likeness (QED) is 0.286. The van der Waals surface area contributed by atoms with Crippen LogP contribution in [0.25, 0.3) is 0 Å². The SMILES string of the molecule is C=C(C)C(=O)OCCOC(=O)NCCOC(N)=O. The molecule has 0 bridgehead atoms. The van der Waals surface area contributed by atoms with E-state index in [1.807, 2.05) is 0 Å². The second-order valence-electron chi connectivity index (χ2n) is 3.15. The smallest absolute Gasteiger partial charge is 0.407 e. The van der Waals surface area contributed by atoms with Gasteiger partial charge in [0, 0.05) is 5.57 Å². The molecular weight excluding hydrogens is 244 g/mol. The molecule has 0 saturated heterocycles. The molecule has 0 radical (unpaired) electrons. The van der Waals surface area contributed by atoms with Crippen molar-refractivity contribution in [2.75, 3.05) is 26.4 Å². The van der Waals surface area contributed by atoms with Gasteiger partial charge >= 0.3 is 18.2 Å². The highest BCUT2D eigenvalue weighted by Crippen LogP contribution is 1.91. The van der Waals surface area contributed by atoms with Gasteiger partial charge in [0.2, 0.25) is 0 Å². The lowest BCUT2D eigenvalue weighted by molar-refractivity contribution is -0.139. The number of nitrogens with one attached hydrogen (secondary N) is 1. The van der Waals surface area contributed by atoms with Crippen LogP contribution in [0.5, 0.6) is 0 Å². The number of hydrogen-bond acceptors (Lipinski definition) is 6. The van der Waals surface area contributed by atoms with Crippen molar-refractivity contribution in [2.24, 2.45) is 5.73 Å². The molecule has 2 amide bonds. The summed E-state index contributed by atoms with van der Waals surface area (Å²) in [6, 6.07) is 0. The molecule has 18 heavy (non-hydrogen) atoms. The minimum atomic E-state index is -0.920.